The number of alkyl halides is 3. The summed E-state index contributed by atoms with van der Waals surface area (Å²) in [6.45, 7) is 0. The summed E-state index contributed by atoms with van der Waals surface area (Å²) < 4.78 is 40.3. The number of nitrogens with zero attached hydrogens (tertiary/aromatic N) is 2. The predicted molar refractivity (Wildman–Crippen MR) is 79.8 cm³/mol. The number of nitrogens with two attached hydrogens (primary N) is 1. The predicted octanol–water partition coefficient (Wildman–Crippen LogP) is 3.49. The molecule has 24 heavy (non-hydrogen) atoms. The van der Waals surface area contributed by atoms with Gasteiger partial charge < -0.3 is 11.1 Å². The molecule has 0 saturated heterocycles. The molecule has 0 spiro atoms. The molecule has 0 aromatic heterocycles. The van der Waals surface area contributed by atoms with Gasteiger partial charge in [0.25, 0.3) is 0 Å². The second kappa shape index (κ2) is 6.13. The maximum absolute atomic E-state index is 13.4. The fourth-order valence-electron chi connectivity index (χ4n) is 2.75. The first-order valence-electron chi connectivity index (χ1n) is 7.11. The Morgan fingerprint density at radius 2 is 1.75 bits per heavy atom. The van der Waals surface area contributed by atoms with Crippen LogP contribution in [0.2, 0.25) is 0 Å². The van der Waals surface area contributed by atoms with Crippen LogP contribution in [0.1, 0.15) is 30.4 Å². The van der Waals surface area contributed by atoms with Crippen LogP contribution in [0.3, 0.4) is 0 Å². The summed E-state index contributed by atoms with van der Waals surface area (Å²) in [7, 11) is 1.16. The third kappa shape index (κ3) is 3.19. The van der Waals surface area contributed by atoms with Gasteiger partial charge in [-0.25, -0.2) is 0 Å². The van der Waals surface area contributed by atoms with Crippen LogP contribution in [0.15, 0.2) is 0 Å². The number of nitro benzene ring substituents is 2. The zero-order chi connectivity index (χ0) is 18.2. The molecular formula is C13H15F3N4O4. The number of hydrogen-bond acceptors (Lipinski definition) is 6. The Morgan fingerprint density at radius 1 is 1.21 bits per heavy atom. The van der Waals surface area contributed by atoms with Gasteiger partial charge in [0.1, 0.15) is 5.69 Å². The van der Waals surface area contributed by atoms with E-state index in [-0.39, 0.29) is 12.3 Å². The number of anilines is 2. The van der Waals surface area contributed by atoms with Crippen LogP contribution in [-0.2, 0) is 12.6 Å². The van der Waals surface area contributed by atoms with Crippen molar-refractivity contribution >= 4 is 22.7 Å². The highest BCUT2D eigenvalue weighted by Crippen LogP contribution is 2.50. The van der Waals surface area contributed by atoms with E-state index in [1.807, 2.05) is 0 Å². The standard InChI is InChI=1S/C13H15F3N4O4/c1-18-10-11(19(21)22)7(5-4-6-2-3-6)8(13(14,15)16)9(17)12(10)20(23)24/h6,18H,2-5,17H2,1H3. The summed E-state index contributed by atoms with van der Waals surface area (Å²) in [5.74, 6) is 0.222. The van der Waals surface area contributed by atoms with Crippen molar-refractivity contribution in [3.05, 3.63) is 31.4 Å². The Kier molecular flexibility index (Phi) is 4.54. The van der Waals surface area contributed by atoms with Gasteiger partial charge in [-0.2, -0.15) is 13.2 Å². The first-order chi connectivity index (χ1) is 11.1. The second-order valence-electron chi connectivity index (χ2n) is 5.58. The minimum atomic E-state index is -5.04. The minimum Gasteiger partial charge on any atom is -0.393 e. The van der Waals surface area contributed by atoms with E-state index in [0.29, 0.717) is 6.42 Å². The monoisotopic (exact) mass is 348 g/mol. The molecule has 0 bridgehead atoms. The van der Waals surface area contributed by atoms with E-state index < -0.39 is 49.9 Å². The molecular weight excluding hydrogens is 333 g/mol. The molecule has 1 fully saturated rings. The molecule has 0 amide bonds. The minimum absolute atomic E-state index is 0.216. The van der Waals surface area contributed by atoms with Gasteiger partial charge in [-0.3, -0.25) is 20.2 Å². The van der Waals surface area contributed by atoms with Crippen LogP contribution < -0.4 is 11.1 Å². The lowest BCUT2D eigenvalue weighted by Gasteiger charge is -2.18. The molecule has 0 heterocycles. The second-order valence-corrected chi connectivity index (χ2v) is 5.58. The highest BCUT2D eigenvalue weighted by molar-refractivity contribution is 5.87. The lowest BCUT2D eigenvalue weighted by Crippen LogP contribution is -2.18. The maximum atomic E-state index is 13.4. The summed E-state index contributed by atoms with van der Waals surface area (Å²) in [5.41, 5.74) is -0.461. The largest absolute Gasteiger partial charge is 0.419 e. The van der Waals surface area contributed by atoms with Gasteiger partial charge in [-0.1, -0.05) is 12.8 Å². The van der Waals surface area contributed by atoms with Crippen LogP contribution in [0.4, 0.5) is 35.9 Å². The van der Waals surface area contributed by atoms with E-state index in [2.05, 4.69) is 5.32 Å². The van der Waals surface area contributed by atoms with Gasteiger partial charge in [0.2, 0.25) is 0 Å². The van der Waals surface area contributed by atoms with Crippen LogP contribution >= 0.6 is 0 Å². The smallest absolute Gasteiger partial charge is 0.393 e. The molecule has 1 aliphatic rings. The summed E-state index contributed by atoms with van der Waals surface area (Å²) in [6, 6.07) is 0. The Bertz CT molecular complexity index is 702. The van der Waals surface area contributed by atoms with Crippen molar-refractivity contribution in [3.63, 3.8) is 0 Å². The quantitative estimate of drug-likeness (QED) is 0.460. The molecule has 11 heteroatoms. The average Bonchev–Trinajstić information content (AvgIpc) is 3.25. The van der Waals surface area contributed by atoms with E-state index in [1.54, 1.807) is 0 Å². The molecule has 0 radical (unpaired) electrons. The molecule has 1 aromatic rings. The lowest BCUT2D eigenvalue weighted by molar-refractivity contribution is -0.392. The van der Waals surface area contributed by atoms with Crippen molar-refractivity contribution in [1.82, 2.24) is 0 Å². The van der Waals surface area contributed by atoms with E-state index in [0.717, 1.165) is 19.9 Å². The number of hydrogen-bond donors (Lipinski definition) is 2. The number of nitrogens with one attached hydrogen (secondary N) is 1. The summed E-state index contributed by atoms with van der Waals surface area (Å²) in [4.78, 5) is 20.3. The molecule has 0 unspecified atom stereocenters. The SMILES string of the molecule is CNc1c([N+](=O)[O-])c(N)c(C(F)(F)F)c(CCC2CC2)c1[N+](=O)[O-]. The molecule has 2 rings (SSSR count). The van der Waals surface area contributed by atoms with Crippen LogP contribution in [-0.4, -0.2) is 16.9 Å². The fraction of sp³-hybridized carbons (Fsp3) is 0.538. The molecule has 132 valence electrons. The number of benzene rings is 1. The molecule has 1 saturated carbocycles. The summed E-state index contributed by atoms with van der Waals surface area (Å²) in [6.07, 6.45) is -3.20. The van der Waals surface area contributed by atoms with E-state index in [1.165, 1.54) is 0 Å². The van der Waals surface area contributed by atoms with E-state index >= 15 is 0 Å². The molecule has 0 atom stereocenters. The Labute approximate surface area is 134 Å². The van der Waals surface area contributed by atoms with E-state index in [4.69, 9.17) is 5.73 Å². The molecule has 3 N–H and O–H groups in total. The lowest BCUT2D eigenvalue weighted by atomic mass is 9.94. The van der Waals surface area contributed by atoms with Crippen molar-refractivity contribution in [2.45, 2.75) is 31.9 Å². The average molecular weight is 348 g/mol. The molecule has 1 aromatic carbocycles. The van der Waals surface area contributed by atoms with Gasteiger partial charge in [-0.15, -0.1) is 0 Å². The summed E-state index contributed by atoms with van der Waals surface area (Å²) in [5, 5.41) is 24.8. The summed E-state index contributed by atoms with van der Waals surface area (Å²) >= 11 is 0. The van der Waals surface area contributed by atoms with E-state index in [9.17, 15) is 33.4 Å². The third-order valence-corrected chi connectivity index (χ3v) is 3.98. The maximum Gasteiger partial charge on any atom is 0.419 e. The normalized spacial score (nSPS) is 14.5. The first-order valence-corrected chi connectivity index (χ1v) is 7.11. The van der Waals surface area contributed by atoms with Crippen LogP contribution in [0.5, 0.6) is 0 Å². The van der Waals surface area contributed by atoms with Crippen molar-refractivity contribution < 1.29 is 23.0 Å². The van der Waals surface area contributed by atoms with Crippen LogP contribution in [0.25, 0.3) is 0 Å². The van der Waals surface area contributed by atoms with Crippen molar-refractivity contribution in [2.75, 3.05) is 18.1 Å². The number of nitrogen functional groups attached to an aromatic ring is 1. The van der Waals surface area contributed by atoms with Crippen molar-refractivity contribution in [3.8, 4) is 0 Å². The first kappa shape index (κ1) is 17.8. The van der Waals surface area contributed by atoms with Gasteiger partial charge in [-0.05, 0) is 18.8 Å². The fourth-order valence-corrected chi connectivity index (χ4v) is 2.75. The number of rotatable bonds is 6. The molecule has 1 aliphatic carbocycles. The third-order valence-electron chi connectivity index (χ3n) is 3.98. The van der Waals surface area contributed by atoms with Gasteiger partial charge in [0.05, 0.1) is 15.4 Å². The van der Waals surface area contributed by atoms with Crippen molar-refractivity contribution in [1.29, 1.82) is 0 Å². The Balaban J connectivity index is 2.82. The van der Waals surface area contributed by atoms with Gasteiger partial charge in [0.15, 0.2) is 5.69 Å². The van der Waals surface area contributed by atoms with Gasteiger partial charge >= 0.3 is 17.6 Å². The Hall–Kier alpha value is -2.59. The Morgan fingerprint density at radius 3 is 2.12 bits per heavy atom. The highest BCUT2D eigenvalue weighted by Gasteiger charge is 2.45. The topological polar surface area (TPSA) is 124 Å². The van der Waals surface area contributed by atoms with Crippen molar-refractivity contribution in [2.24, 2.45) is 5.92 Å². The highest BCUT2D eigenvalue weighted by atomic mass is 19.4. The molecule has 0 aliphatic heterocycles. The number of halogens is 3. The number of nitro groups is 2. The van der Waals surface area contributed by atoms with Crippen LogP contribution in [0, 0.1) is 26.1 Å². The zero-order valence-electron chi connectivity index (χ0n) is 12.6. The zero-order valence-corrected chi connectivity index (χ0v) is 12.6. The van der Waals surface area contributed by atoms with Gasteiger partial charge in [0, 0.05) is 12.6 Å². The molecule has 8 nitrogen and oxygen atoms in total.